The largest absolute Gasteiger partial charge is 0.476 e. The quantitative estimate of drug-likeness (QED) is 0.223. The van der Waals surface area contributed by atoms with Gasteiger partial charge in [-0.05, 0) is 11.5 Å². The summed E-state index contributed by atoms with van der Waals surface area (Å²) in [5.74, 6) is -4.76. The van der Waals surface area contributed by atoms with E-state index in [0.717, 1.165) is 6.20 Å². The highest BCUT2D eigenvalue weighted by molar-refractivity contribution is 5.92. The Morgan fingerprint density at radius 1 is 1.50 bits per heavy atom. The molecule has 13 nitrogen and oxygen atoms in total. The molecule has 2 unspecified atom stereocenters. The zero-order chi connectivity index (χ0) is 20.1. The molecule has 0 aliphatic heterocycles. The number of nitrogens with one attached hydrogen (secondary N) is 2. The van der Waals surface area contributed by atoms with Crippen molar-refractivity contribution in [3.05, 3.63) is 22.1 Å². The predicted octanol–water partition coefficient (Wildman–Crippen LogP) is -2.20. The van der Waals surface area contributed by atoms with Gasteiger partial charge >= 0.3 is 11.8 Å². The summed E-state index contributed by atoms with van der Waals surface area (Å²) >= 11 is 0. The van der Waals surface area contributed by atoms with Crippen LogP contribution in [0.5, 0.6) is 0 Å². The van der Waals surface area contributed by atoms with Crippen LogP contribution in [0.2, 0.25) is 0 Å². The van der Waals surface area contributed by atoms with Crippen LogP contribution >= 0.6 is 0 Å². The van der Waals surface area contributed by atoms with Crippen molar-refractivity contribution in [2.75, 3.05) is 13.2 Å². The lowest BCUT2D eigenvalue weighted by Crippen LogP contribution is -2.62. The third-order valence-electron chi connectivity index (χ3n) is 3.55. The summed E-state index contributed by atoms with van der Waals surface area (Å²) in [6, 6.07) is -1.20. The maximum absolute atomic E-state index is 12.4. The topological polar surface area (TPSA) is 203 Å². The number of nitro groups is 1. The summed E-state index contributed by atoms with van der Waals surface area (Å²) in [5.41, 5.74) is 2.53. The second kappa shape index (κ2) is 8.35. The highest BCUT2D eigenvalue weighted by Crippen LogP contribution is 2.27. The number of aryl methyl sites for hydroxylation is 1. The predicted molar refractivity (Wildman–Crippen MR) is 85.7 cm³/mol. The van der Waals surface area contributed by atoms with Gasteiger partial charge in [0.25, 0.3) is 5.66 Å². The normalized spacial score (nSPS) is 14.3. The summed E-state index contributed by atoms with van der Waals surface area (Å²) in [6.07, 6.45) is -0.176. The molecule has 0 spiro atoms. The van der Waals surface area contributed by atoms with Crippen LogP contribution in [0.15, 0.2) is 6.20 Å². The summed E-state index contributed by atoms with van der Waals surface area (Å²) in [4.78, 5) is 49.9. The molecule has 144 valence electrons. The highest BCUT2D eigenvalue weighted by atomic mass is 16.6. The van der Waals surface area contributed by atoms with Crippen molar-refractivity contribution in [1.82, 2.24) is 20.2 Å². The Balaban J connectivity index is 3.56. The van der Waals surface area contributed by atoms with Crippen molar-refractivity contribution in [3.63, 3.8) is 0 Å². The Labute approximate surface area is 147 Å². The van der Waals surface area contributed by atoms with E-state index in [1.807, 2.05) is 0 Å². The van der Waals surface area contributed by atoms with Gasteiger partial charge in [0.15, 0.2) is 5.82 Å². The maximum atomic E-state index is 12.4. The van der Waals surface area contributed by atoms with Crippen molar-refractivity contribution in [2.24, 2.45) is 5.73 Å². The number of carboxylic acids is 1. The minimum atomic E-state index is -2.59. The fraction of sp³-hybridized carbons (Fsp3) is 0.538. The van der Waals surface area contributed by atoms with Gasteiger partial charge in [-0.2, -0.15) is 4.57 Å². The molecule has 2 amide bonds. The number of aliphatic hydroxyl groups is 1. The van der Waals surface area contributed by atoms with Gasteiger partial charge in [0.05, 0.1) is 6.61 Å². The summed E-state index contributed by atoms with van der Waals surface area (Å²) in [6.45, 7) is 2.52. The number of aliphatic carboxylic acids is 1. The van der Waals surface area contributed by atoms with Crippen LogP contribution in [0, 0.1) is 17.0 Å². The van der Waals surface area contributed by atoms with Gasteiger partial charge in [-0.15, -0.1) is 0 Å². The lowest BCUT2D eigenvalue weighted by atomic mass is 10.0. The number of carbonyl (C=O) groups excluding carboxylic acids is 2. The molecule has 0 aliphatic carbocycles. The zero-order valence-corrected chi connectivity index (χ0v) is 14.1. The summed E-state index contributed by atoms with van der Waals surface area (Å²) < 4.78 is 0.609. The molecule has 1 aromatic rings. The van der Waals surface area contributed by atoms with Gasteiger partial charge in [0.2, 0.25) is 11.8 Å². The van der Waals surface area contributed by atoms with E-state index in [4.69, 9.17) is 5.73 Å². The average molecular weight is 372 g/mol. The number of aromatic nitrogens is 2. The van der Waals surface area contributed by atoms with Crippen LogP contribution in [0.1, 0.15) is 19.2 Å². The SMILES string of the molecule is CCNC(CO)C(=O)NC(CC(N)=O)(C(=O)O)n1c([N+](=O)[O-])cnc1C. The van der Waals surface area contributed by atoms with E-state index in [2.05, 4.69) is 15.6 Å². The maximum Gasteiger partial charge on any atom is 0.375 e. The second-order valence-corrected chi connectivity index (χ2v) is 5.35. The van der Waals surface area contributed by atoms with Crippen LogP contribution in [-0.2, 0) is 20.0 Å². The molecule has 1 heterocycles. The van der Waals surface area contributed by atoms with E-state index in [9.17, 15) is 34.7 Å². The Hall–Kier alpha value is -3.06. The van der Waals surface area contributed by atoms with E-state index >= 15 is 0 Å². The molecule has 13 heteroatoms. The number of primary amides is 1. The van der Waals surface area contributed by atoms with E-state index in [1.165, 1.54) is 6.92 Å². The standard InChI is InChI=1S/C13H20N6O7/c1-3-15-8(6-20)11(22)17-13(12(23)24,4-9(14)21)18-7(2)16-5-10(18)19(25)26/h5,8,15,20H,3-4,6H2,1-2H3,(H2,14,21)(H,17,22)(H,23,24). The van der Waals surface area contributed by atoms with Crippen LogP contribution in [-0.4, -0.2) is 61.7 Å². The molecule has 0 fully saturated rings. The minimum absolute atomic E-state index is 0.135. The summed E-state index contributed by atoms with van der Waals surface area (Å²) in [5, 5.41) is 35.0. The van der Waals surface area contributed by atoms with Crippen LogP contribution in [0.3, 0.4) is 0 Å². The zero-order valence-electron chi connectivity index (χ0n) is 14.1. The molecule has 6 N–H and O–H groups in total. The van der Waals surface area contributed by atoms with Crippen molar-refractivity contribution >= 4 is 23.6 Å². The first-order valence-electron chi connectivity index (χ1n) is 7.47. The third-order valence-corrected chi connectivity index (χ3v) is 3.55. The highest BCUT2D eigenvalue weighted by Gasteiger charge is 2.52. The molecule has 0 saturated heterocycles. The number of nitrogens with zero attached hydrogens (tertiary/aromatic N) is 3. The van der Waals surface area contributed by atoms with Crippen LogP contribution in [0.25, 0.3) is 0 Å². The summed E-state index contributed by atoms with van der Waals surface area (Å²) in [7, 11) is 0. The number of carboxylic acid groups (broad SMARTS) is 1. The lowest BCUT2D eigenvalue weighted by Gasteiger charge is -2.29. The molecule has 2 atom stereocenters. The second-order valence-electron chi connectivity index (χ2n) is 5.35. The number of hydrogen-bond donors (Lipinski definition) is 5. The molecule has 26 heavy (non-hydrogen) atoms. The molecule has 0 aliphatic rings. The smallest absolute Gasteiger partial charge is 0.375 e. The Bertz CT molecular complexity index is 718. The Kier molecular flexibility index (Phi) is 6.74. The van der Waals surface area contributed by atoms with Crippen molar-refractivity contribution < 1.29 is 29.5 Å². The molecule has 0 radical (unpaired) electrons. The van der Waals surface area contributed by atoms with E-state index in [1.54, 1.807) is 6.92 Å². The number of amides is 2. The molecular weight excluding hydrogens is 352 g/mol. The molecular formula is C13H20N6O7. The monoisotopic (exact) mass is 372 g/mol. The van der Waals surface area contributed by atoms with Gasteiger partial charge < -0.3 is 36.7 Å². The van der Waals surface area contributed by atoms with Gasteiger partial charge in [0, 0.05) is 6.92 Å². The first-order valence-corrected chi connectivity index (χ1v) is 7.47. The van der Waals surface area contributed by atoms with Gasteiger partial charge in [0.1, 0.15) is 18.7 Å². The molecule has 1 rings (SSSR count). The molecule has 0 saturated carbocycles. The van der Waals surface area contributed by atoms with Crippen molar-refractivity contribution in [1.29, 1.82) is 0 Å². The fourth-order valence-corrected chi connectivity index (χ4v) is 2.47. The van der Waals surface area contributed by atoms with E-state index in [-0.39, 0.29) is 12.4 Å². The number of carbonyl (C=O) groups is 3. The van der Waals surface area contributed by atoms with Gasteiger partial charge in [-0.25, -0.2) is 9.78 Å². The van der Waals surface area contributed by atoms with Crippen LogP contribution in [0.4, 0.5) is 5.82 Å². The van der Waals surface area contributed by atoms with Crippen molar-refractivity contribution in [3.8, 4) is 0 Å². The first kappa shape index (κ1) is 21.0. The van der Waals surface area contributed by atoms with Gasteiger partial charge in [-0.3, -0.25) is 9.59 Å². The number of imidazole rings is 1. The average Bonchev–Trinajstić information content (AvgIpc) is 2.93. The number of hydrogen-bond acceptors (Lipinski definition) is 8. The van der Waals surface area contributed by atoms with Crippen LogP contribution < -0.4 is 16.4 Å². The number of rotatable bonds is 10. The number of likely N-dealkylation sites (N-methyl/N-ethyl adjacent to an activating group) is 1. The lowest BCUT2D eigenvalue weighted by molar-refractivity contribution is -0.393. The Morgan fingerprint density at radius 3 is 2.54 bits per heavy atom. The fourth-order valence-electron chi connectivity index (χ4n) is 2.47. The molecule has 1 aromatic heterocycles. The molecule has 0 aromatic carbocycles. The van der Waals surface area contributed by atoms with Gasteiger partial charge in [-0.1, -0.05) is 6.92 Å². The molecule has 0 bridgehead atoms. The van der Waals surface area contributed by atoms with Crippen molar-refractivity contribution in [2.45, 2.75) is 32.0 Å². The Morgan fingerprint density at radius 2 is 2.12 bits per heavy atom. The third kappa shape index (κ3) is 4.12. The number of aliphatic hydroxyl groups excluding tert-OH is 1. The van der Waals surface area contributed by atoms with E-state index < -0.39 is 53.3 Å². The first-order chi connectivity index (χ1) is 12.1. The minimum Gasteiger partial charge on any atom is -0.476 e. The van der Waals surface area contributed by atoms with E-state index in [0.29, 0.717) is 4.57 Å². The number of nitrogens with two attached hydrogens (primary N) is 1.